The molecule has 2 aliphatic rings. The van der Waals surface area contributed by atoms with Crippen molar-refractivity contribution in [3.8, 4) is 0 Å². The summed E-state index contributed by atoms with van der Waals surface area (Å²) in [6.45, 7) is 4.24. The minimum atomic E-state index is -0.251. The molecular formula is C12H19NO2. The standard InChI is InChI=1S/C12H19NO2/c1-11(6-4-10(13)15)8-3-5-12(11,2)9(14)7-8/h8H,3-7H2,1-2H3,(H2,13,15)/t8-,11-,12+/m0/s1. The number of primary amides is 1. The first-order chi connectivity index (χ1) is 6.90. The van der Waals surface area contributed by atoms with Crippen LogP contribution in [0.4, 0.5) is 0 Å². The third-order valence-corrected chi connectivity index (χ3v) is 5.09. The SMILES string of the molecule is C[C@]1(CCC(N)=O)[C@H]2CC[C@]1(C)C(=O)C2. The maximum atomic E-state index is 11.9. The van der Waals surface area contributed by atoms with E-state index in [0.717, 1.165) is 19.3 Å². The second-order valence-corrected chi connectivity index (χ2v) is 5.58. The molecule has 3 nitrogen and oxygen atoms in total. The van der Waals surface area contributed by atoms with Crippen LogP contribution < -0.4 is 5.73 Å². The summed E-state index contributed by atoms with van der Waals surface area (Å²) >= 11 is 0. The molecule has 3 heteroatoms. The van der Waals surface area contributed by atoms with Gasteiger partial charge in [-0.2, -0.15) is 0 Å². The maximum Gasteiger partial charge on any atom is 0.217 e. The normalized spacial score (nSPS) is 43.6. The highest BCUT2D eigenvalue weighted by molar-refractivity contribution is 5.89. The second kappa shape index (κ2) is 3.06. The van der Waals surface area contributed by atoms with E-state index >= 15 is 0 Å². The van der Waals surface area contributed by atoms with Gasteiger partial charge in [0.1, 0.15) is 5.78 Å². The Morgan fingerprint density at radius 2 is 2.20 bits per heavy atom. The van der Waals surface area contributed by atoms with E-state index in [-0.39, 0.29) is 16.7 Å². The summed E-state index contributed by atoms with van der Waals surface area (Å²) in [7, 11) is 0. The van der Waals surface area contributed by atoms with E-state index in [1.807, 2.05) is 0 Å². The fraction of sp³-hybridized carbons (Fsp3) is 0.833. The van der Waals surface area contributed by atoms with Crippen molar-refractivity contribution < 1.29 is 9.59 Å². The number of hydrogen-bond donors (Lipinski definition) is 1. The van der Waals surface area contributed by atoms with Crippen molar-refractivity contribution in [1.29, 1.82) is 0 Å². The van der Waals surface area contributed by atoms with Crippen molar-refractivity contribution in [3.05, 3.63) is 0 Å². The molecule has 0 aromatic heterocycles. The predicted octanol–water partition coefficient (Wildman–Crippen LogP) is 1.65. The van der Waals surface area contributed by atoms with Crippen LogP contribution in [0, 0.1) is 16.7 Å². The lowest BCUT2D eigenvalue weighted by atomic mass is 9.66. The Morgan fingerprint density at radius 3 is 2.60 bits per heavy atom. The molecule has 0 heterocycles. The van der Waals surface area contributed by atoms with E-state index in [4.69, 9.17) is 5.73 Å². The molecule has 0 saturated heterocycles. The zero-order valence-electron chi connectivity index (χ0n) is 9.51. The number of hydrogen-bond acceptors (Lipinski definition) is 2. The Hall–Kier alpha value is -0.860. The van der Waals surface area contributed by atoms with Gasteiger partial charge < -0.3 is 5.73 Å². The van der Waals surface area contributed by atoms with Crippen LogP contribution in [0.3, 0.4) is 0 Å². The van der Waals surface area contributed by atoms with Crippen molar-refractivity contribution in [1.82, 2.24) is 0 Å². The van der Waals surface area contributed by atoms with Gasteiger partial charge in [-0.1, -0.05) is 13.8 Å². The number of amides is 1. The van der Waals surface area contributed by atoms with Crippen molar-refractivity contribution in [2.75, 3.05) is 0 Å². The lowest BCUT2D eigenvalue weighted by Gasteiger charge is -2.36. The van der Waals surface area contributed by atoms with Gasteiger partial charge in [-0.25, -0.2) is 0 Å². The first-order valence-electron chi connectivity index (χ1n) is 5.72. The van der Waals surface area contributed by atoms with Gasteiger partial charge in [0.25, 0.3) is 0 Å². The molecule has 0 aromatic carbocycles. The number of fused-ring (bicyclic) bond motifs is 2. The van der Waals surface area contributed by atoms with Crippen molar-refractivity contribution in [3.63, 3.8) is 0 Å². The molecule has 84 valence electrons. The molecule has 1 amide bonds. The molecule has 2 saturated carbocycles. The topological polar surface area (TPSA) is 60.2 Å². The fourth-order valence-electron chi connectivity index (χ4n) is 3.61. The molecule has 15 heavy (non-hydrogen) atoms. The minimum absolute atomic E-state index is 0.0130. The summed E-state index contributed by atoms with van der Waals surface area (Å²) in [5.41, 5.74) is 5.02. The minimum Gasteiger partial charge on any atom is -0.370 e. The van der Waals surface area contributed by atoms with Crippen LogP contribution in [0.15, 0.2) is 0 Å². The molecular weight excluding hydrogens is 190 g/mol. The molecule has 2 bridgehead atoms. The quantitative estimate of drug-likeness (QED) is 0.768. The van der Waals surface area contributed by atoms with Gasteiger partial charge in [0.2, 0.25) is 5.91 Å². The van der Waals surface area contributed by atoms with Gasteiger partial charge >= 0.3 is 0 Å². The third kappa shape index (κ3) is 1.25. The second-order valence-electron chi connectivity index (χ2n) is 5.58. The van der Waals surface area contributed by atoms with E-state index < -0.39 is 0 Å². The van der Waals surface area contributed by atoms with Crippen LogP contribution in [-0.2, 0) is 9.59 Å². The maximum absolute atomic E-state index is 11.9. The van der Waals surface area contributed by atoms with Gasteiger partial charge in [0, 0.05) is 18.3 Å². The average Bonchev–Trinajstić information content (AvgIpc) is 2.50. The molecule has 2 rings (SSSR count). The Kier molecular flexibility index (Phi) is 2.18. The lowest BCUT2D eigenvalue weighted by Crippen LogP contribution is -2.35. The van der Waals surface area contributed by atoms with Gasteiger partial charge in [-0.15, -0.1) is 0 Å². The molecule has 0 radical (unpaired) electrons. The Morgan fingerprint density at radius 1 is 1.53 bits per heavy atom. The van der Waals surface area contributed by atoms with Crippen molar-refractivity contribution >= 4 is 11.7 Å². The molecule has 2 fully saturated rings. The van der Waals surface area contributed by atoms with Gasteiger partial charge in [-0.3, -0.25) is 9.59 Å². The highest BCUT2D eigenvalue weighted by Gasteiger charge is 2.63. The van der Waals surface area contributed by atoms with Crippen LogP contribution in [0.2, 0.25) is 0 Å². The number of ketones is 1. The molecule has 0 unspecified atom stereocenters. The molecule has 0 aromatic rings. The first kappa shape index (κ1) is 10.7. The zero-order chi connectivity index (χ0) is 11.3. The van der Waals surface area contributed by atoms with Crippen LogP contribution in [0.1, 0.15) is 46.0 Å². The Labute approximate surface area is 90.4 Å². The average molecular weight is 209 g/mol. The fourth-order valence-corrected chi connectivity index (χ4v) is 3.61. The number of carbonyl (C=O) groups is 2. The summed E-state index contributed by atoms with van der Waals surface area (Å²) in [6, 6.07) is 0. The Balaban J connectivity index is 2.21. The molecule has 2 aliphatic carbocycles. The summed E-state index contributed by atoms with van der Waals surface area (Å²) in [5, 5.41) is 0. The number of Topliss-reactive ketones (excluding diaryl/α,β-unsaturated/α-hetero) is 1. The van der Waals surface area contributed by atoms with E-state index in [0.29, 0.717) is 24.5 Å². The van der Waals surface area contributed by atoms with Gasteiger partial charge in [-0.05, 0) is 30.6 Å². The monoisotopic (exact) mass is 209 g/mol. The van der Waals surface area contributed by atoms with Crippen LogP contribution >= 0.6 is 0 Å². The molecule has 0 aliphatic heterocycles. The molecule has 2 N–H and O–H groups in total. The summed E-state index contributed by atoms with van der Waals surface area (Å²) in [4.78, 5) is 22.8. The third-order valence-electron chi connectivity index (χ3n) is 5.09. The number of nitrogens with two attached hydrogens (primary N) is 1. The first-order valence-corrected chi connectivity index (χ1v) is 5.72. The van der Waals surface area contributed by atoms with Crippen molar-refractivity contribution in [2.45, 2.75) is 46.0 Å². The lowest BCUT2D eigenvalue weighted by molar-refractivity contribution is -0.129. The van der Waals surface area contributed by atoms with Crippen molar-refractivity contribution in [2.24, 2.45) is 22.5 Å². The molecule has 3 atom stereocenters. The highest BCUT2D eigenvalue weighted by Crippen LogP contribution is 2.65. The van der Waals surface area contributed by atoms with E-state index in [2.05, 4.69) is 13.8 Å². The zero-order valence-corrected chi connectivity index (χ0v) is 9.51. The predicted molar refractivity (Wildman–Crippen MR) is 57.0 cm³/mol. The number of rotatable bonds is 3. The summed E-state index contributed by atoms with van der Waals surface area (Å²) < 4.78 is 0. The van der Waals surface area contributed by atoms with Gasteiger partial charge in [0.05, 0.1) is 0 Å². The summed E-state index contributed by atoms with van der Waals surface area (Å²) in [6.07, 6.45) is 4.03. The smallest absolute Gasteiger partial charge is 0.217 e. The Bertz CT molecular complexity index is 326. The summed E-state index contributed by atoms with van der Waals surface area (Å²) in [5.74, 6) is 0.624. The van der Waals surface area contributed by atoms with Crippen LogP contribution in [-0.4, -0.2) is 11.7 Å². The van der Waals surface area contributed by atoms with Crippen LogP contribution in [0.25, 0.3) is 0 Å². The van der Waals surface area contributed by atoms with E-state index in [1.54, 1.807) is 0 Å². The largest absolute Gasteiger partial charge is 0.370 e. The van der Waals surface area contributed by atoms with Crippen LogP contribution in [0.5, 0.6) is 0 Å². The van der Waals surface area contributed by atoms with E-state index in [9.17, 15) is 9.59 Å². The number of carbonyl (C=O) groups excluding carboxylic acids is 2. The van der Waals surface area contributed by atoms with Gasteiger partial charge in [0.15, 0.2) is 0 Å². The van der Waals surface area contributed by atoms with E-state index in [1.165, 1.54) is 0 Å². The molecule has 0 spiro atoms. The highest BCUT2D eigenvalue weighted by atomic mass is 16.1.